The monoisotopic (exact) mass is 599 g/mol. The molecule has 6 rings (SSSR count). The van der Waals surface area contributed by atoms with Gasteiger partial charge in [0.05, 0.1) is 11.7 Å². The number of fused-ring (bicyclic) bond motifs is 3. The van der Waals surface area contributed by atoms with Gasteiger partial charge in [0.2, 0.25) is 0 Å². The minimum atomic E-state index is -0.222. The minimum absolute atomic E-state index is 0.147. The third kappa shape index (κ3) is 7.62. The van der Waals surface area contributed by atoms with Gasteiger partial charge in [-0.2, -0.15) is 0 Å². The average molecular weight is 600 g/mol. The lowest BCUT2D eigenvalue weighted by Gasteiger charge is -2.29. The highest BCUT2D eigenvalue weighted by atomic mass is 19.1. The zero-order valence-corrected chi connectivity index (χ0v) is 26.5. The second-order valence-electron chi connectivity index (χ2n) is 13.9. The van der Waals surface area contributed by atoms with Gasteiger partial charge < -0.3 is 14.3 Å². The van der Waals surface area contributed by atoms with E-state index in [-0.39, 0.29) is 11.4 Å². The number of nitrogens with one attached hydrogen (secondary N) is 1. The number of nitrogens with zero attached hydrogens (tertiary/aromatic N) is 2. The van der Waals surface area contributed by atoms with Crippen LogP contribution in [0.4, 0.5) is 4.39 Å². The van der Waals surface area contributed by atoms with Gasteiger partial charge in [0.25, 0.3) is 5.56 Å². The first kappa shape index (κ1) is 31.0. The molecule has 1 aliphatic carbocycles. The number of aromatic nitrogens is 3. The molecule has 4 unspecified atom stereocenters. The predicted octanol–water partition coefficient (Wildman–Crippen LogP) is 9.21. The molecule has 0 spiro atoms. The van der Waals surface area contributed by atoms with E-state index in [1.807, 2.05) is 24.4 Å². The van der Waals surface area contributed by atoms with Crippen molar-refractivity contribution in [2.45, 2.75) is 103 Å². The number of halogens is 1. The lowest BCUT2D eigenvalue weighted by molar-refractivity contribution is 0.0956. The van der Waals surface area contributed by atoms with Gasteiger partial charge in [0.15, 0.2) is 0 Å². The van der Waals surface area contributed by atoms with E-state index in [0.29, 0.717) is 18.0 Å². The van der Waals surface area contributed by atoms with Crippen LogP contribution in [0.25, 0.3) is 21.8 Å². The van der Waals surface area contributed by atoms with E-state index in [1.165, 1.54) is 101 Å². The zero-order valence-electron chi connectivity index (χ0n) is 26.5. The summed E-state index contributed by atoms with van der Waals surface area (Å²) in [5.41, 5.74) is 3.74. The topological polar surface area (TPSA) is 59.9 Å². The van der Waals surface area contributed by atoms with Gasteiger partial charge >= 0.3 is 0 Å². The van der Waals surface area contributed by atoms with Crippen molar-refractivity contribution in [2.75, 3.05) is 13.2 Å². The zero-order chi connectivity index (χ0) is 30.3. The maximum absolute atomic E-state index is 13.6. The molecule has 0 amide bonds. The van der Waals surface area contributed by atoms with Gasteiger partial charge in [0.1, 0.15) is 11.3 Å². The van der Waals surface area contributed by atoms with Crippen LogP contribution in [-0.4, -0.2) is 27.7 Å². The molecule has 6 heteroatoms. The second-order valence-corrected chi connectivity index (χ2v) is 13.9. The fraction of sp³-hybridized carbons (Fsp3) is 0.579. The van der Waals surface area contributed by atoms with Crippen LogP contribution >= 0.6 is 0 Å². The quantitative estimate of drug-likeness (QED) is 0.230. The van der Waals surface area contributed by atoms with Crippen LogP contribution in [0, 0.1) is 29.5 Å². The summed E-state index contributed by atoms with van der Waals surface area (Å²) in [5.74, 6) is 2.91. The largest absolute Gasteiger partial charge is 0.381 e. The number of aromatic amines is 1. The summed E-state index contributed by atoms with van der Waals surface area (Å²) in [6.07, 6.45) is 24.0. The lowest BCUT2D eigenvalue weighted by Crippen LogP contribution is -2.18. The summed E-state index contributed by atoms with van der Waals surface area (Å²) in [4.78, 5) is 20.0. The van der Waals surface area contributed by atoms with Gasteiger partial charge in [-0.1, -0.05) is 83.3 Å². The molecule has 1 aromatic carbocycles. The third-order valence-electron chi connectivity index (χ3n) is 10.8. The Bertz CT molecular complexity index is 1550. The predicted molar refractivity (Wildman–Crippen MR) is 178 cm³/mol. The molecule has 1 aliphatic heterocycles. The molecule has 0 radical (unpaired) electrons. The van der Waals surface area contributed by atoms with E-state index in [9.17, 15) is 9.18 Å². The van der Waals surface area contributed by atoms with Gasteiger partial charge in [-0.25, -0.2) is 9.37 Å². The van der Waals surface area contributed by atoms with Crippen molar-refractivity contribution >= 4 is 21.8 Å². The Labute approximate surface area is 261 Å². The Morgan fingerprint density at radius 1 is 0.909 bits per heavy atom. The molecule has 5 nitrogen and oxygen atoms in total. The maximum Gasteiger partial charge on any atom is 0.274 e. The standard InChI is InChI=1S/C38H50FN3O2/c1-27-7-6-10-29(9-2-3-11-31(27)15-12-28-8-4-5-21-44-22-19-28)23-32-26-42(25-30-13-16-33(39)17-14-30)35-24-41-37-34(36(32)35)18-20-40-38(37)43/h13-14,16-18,20,24,26-29,31H,2-12,15,19,21-23,25H2,1H3,(H,40,43). The van der Waals surface area contributed by atoms with E-state index in [0.717, 1.165) is 59.2 Å². The molecule has 1 N–H and O–H groups in total. The smallest absolute Gasteiger partial charge is 0.274 e. The van der Waals surface area contributed by atoms with Gasteiger partial charge in [0, 0.05) is 42.9 Å². The van der Waals surface area contributed by atoms with Crippen molar-refractivity contribution < 1.29 is 9.13 Å². The maximum atomic E-state index is 13.6. The number of rotatable bonds is 7. The highest BCUT2D eigenvalue weighted by Crippen LogP contribution is 2.36. The second kappa shape index (κ2) is 14.9. The first-order chi connectivity index (χ1) is 21.5. The molecule has 2 fully saturated rings. The Kier molecular flexibility index (Phi) is 10.5. The first-order valence-corrected chi connectivity index (χ1v) is 17.4. The van der Waals surface area contributed by atoms with Crippen LogP contribution in [-0.2, 0) is 17.7 Å². The minimum Gasteiger partial charge on any atom is -0.381 e. The molecule has 4 heterocycles. The molecular formula is C38H50FN3O2. The lowest BCUT2D eigenvalue weighted by atomic mass is 9.77. The summed E-state index contributed by atoms with van der Waals surface area (Å²) in [7, 11) is 0. The van der Waals surface area contributed by atoms with Crippen molar-refractivity contribution in [3.05, 3.63) is 76.2 Å². The van der Waals surface area contributed by atoms with Crippen molar-refractivity contribution in [1.29, 1.82) is 0 Å². The van der Waals surface area contributed by atoms with Crippen molar-refractivity contribution in [2.24, 2.45) is 23.7 Å². The van der Waals surface area contributed by atoms with Crippen molar-refractivity contribution in [3.8, 4) is 0 Å². The molecule has 4 aromatic rings. The fourth-order valence-electron chi connectivity index (χ4n) is 8.13. The fourth-order valence-corrected chi connectivity index (χ4v) is 8.13. The molecular weight excluding hydrogens is 549 g/mol. The Hall–Kier alpha value is -2.99. The highest BCUT2D eigenvalue weighted by molar-refractivity contribution is 6.06. The summed E-state index contributed by atoms with van der Waals surface area (Å²) in [6.45, 7) is 5.08. The summed E-state index contributed by atoms with van der Waals surface area (Å²) >= 11 is 0. The summed E-state index contributed by atoms with van der Waals surface area (Å²) in [5, 5.41) is 2.07. The van der Waals surface area contributed by atoms with E-state index in [2.05, 4.69) is 27.7 Å². The normalized spacial score (nSPS) is 24.2. The number of hydrogen-bond acceptors (Lipinski definition) is 3. The number of H-pyrrole nitrogens is 1. The number of hydrogen-bond donors (Lipinski definition) is 1. The van der Waals surface area contributed by atoms with E-state index >= 15 is 0 Å². The van der Waals surface area contributed by atoms with Crippen molar-refractivity contribution in [3.63, 3.8) is 0 Å². The van der Waals surface area contributed by atoms with Crippen LogP contribution in [0.2, 0.25) is 0 Å². The number of ether oxygens (including phenoxy) is 1. The molecule has 1 saturated heterocycles. The number of pyridine rings is 2. The molecule has 0 bridgehead atoms. The molecule has 44 heavy (non-hydrogen) atoms. The van der Waals surface area contributed by atoms with Crippen molar-refractivity contribution in [1.82, 2.24) is 14.5 Å². The Morgan fingerprint density at radius 2 is 1.70 bits per heavy atom. The molecule has 2 aliphatic rings. The van der Waals surface area contributed by atoms with Crippen LogP contribution in [0.5, 0.6) is 0 Å². The Balaban J connectivity index is 1.16. The van der Waals surface area contributed by atoms with Crippen LogP contribution in [0.15, 0.2) is 53.7 Å². The van der Waals surface area contributed by atoms with Gasteiger partial charge in [-0.05, 0) is 78.7 Å². The summed E-state index contributed by atoms with van der Waals surface area (Å²) < 4.78 is 21.6. The molecule has 3 aromatic heterocycles. The van der Waals surface area contributed by atoms with E-state index < -0.39 is 0 Å². The van der Waals surface area contributed by atoms with Gasteiger partial charge in [-0.15, -0.1) is 0 Å². The molecule has 236 valence electrons. The van der Waals surface area contributed by atoms with Gasteiger partial charge in [-0.3, -0.25) is 4.79 Å². The van der Waals surface area contributed by atoms with E-state index in [4.69, 9.17) is 4.74 Å². The van der Waals surface area contributed by atoms with Crippen LogP contribution < -0.4 is 5.56 Å². The number of benzene rings is 1. The van der Waals surface area contributed by atoms with Crippen LogP contribution in [0.3, 0.4) is 0 Å². The van der Waals surface area contributed by atoms with E-state index in [1.54, 1.807) is 6.20 Å². The summed E-state index contributed by atoms with van der Waals surface area (Å²) in [6, 6.07) is 8.74. The molecule has 4 atom stereocenters. The molecule has 1 saturated carbocycles. The first-order valence-electron chi connectivity index (χ1n) is 17.4. The SMILES string of the molecule is CC1CCCC(Cc2cn(Cc3ccc(F)cc3)c3cnc4c(=O)[nH]ccc4c23)CCCCC1CCC1CCCCOCC1. The Morgan fingerprint density at radius 3 is 2.59 bits per heavy atom. The highest BCUT2D eigenvalue weighted by Gasteiger charge is 2.23. The third-order valence-corrected chi connectivity index (χ3v) is 10.8. The van der Waals surface area contributed by atoms with Crippen LogP contribution in [0.1, 0.15) is 102 Å². The average Bonchev–Trinajstić information content (AvgIpc) is 3.35.